The topological polar surface area (TPSA) is 156 Å². The van der Waals surface area contributed by atoms with Crippen molar-refractivity contribution in [2.75, 3.05) is 6.61 Å². The lowest BCUT2D eigenvalue weighted by Crippen LogP contribution is -2.81. The Balaban J connectivity index is 1.77. The van der Waals surface area contributed by atoms with E-state index in [0.29, 0.717) is 17.6 Å². The minimum absolute atomic E-state index is 0.0511. The second-order valence-electron chi connectivity index (χ2n) is 16.7. The van der Waals surface area contributed by atoms with E-state index in [0.717, 1.165) is 0 Å². The summed E-state index contributed by atoms with van der Waals surface area (Å²) in [5, 5.41) is 16.2. The highest BCUT2D eigenvalue weighted by Crippen LogP contribution is 2.68. The number of esters is 3. The van der Waals surface area contributed by atoms with Crippen LogP contribution in [-0.4, -0.2) is 89.1 Å². The molecule has 0 aromatic carbocycles. The first-order valence-corrected chi connectivity index (χ1v) is 17.1. The van der Waals surface area contributed by atoms with E-state index in [2.05, 4.69) is 19.2 Å². The van der Waals surface area contributed by atoms with Crippen molar-refractivity contribution in [3.8, 4) is 0 Å². The van der Waals surface area contributed by atoms with Gasteiger partial charge in [0.1, 0.15) is 30.0 Å². The average Bonchev–Trinajstić information content (AvgIpc) is 3.25. The first-order valence-electron chi connectivity index (χ1n) is 17.1. The summed E-state index contributed by atoms with van der Waals surface area (Å²) in [6.45, 7) is 22.7. The molecule has 3 unspecified atom stereocenters. The molecule has 2 bridgehead atoms. The molecule has 12 heteroatoms. The first kappa shape index (κ1) is 36.7. The van der Waals surface area contributed by atoms with Crippen LogP contribution >= 0.6 is 0 Å². The van der Waals surface area contributed by atoms with E-state index in [4.69, 9.17) is 28.4 Å². The van der Waals surface area contributed by atoms with Gasteiger partial charge in [0, 0.05) is 44.1 Å². The second-order valence-corrected chi connectivity index (χ2v) is 16.7. The van der Waals surface area contributed by atoms with Crippen LogP contribution in [0.25, 0.3) is 0 Å². The smallest absolute Gasteiger partial charge is 0.314 e. The fraction of sp³-hybridized carbons (Fsp3) is 0.833. The Morgan fingerprint density at radius 1 is 1.00 bits per heavy atom. The number of amides is 1. The Labute approximate surface area is 283 Å². The summed E-state index contributed by atoms with van der Waals surface area (Å²) in [5.41, 5.74) is -4.80. The zero-order valence-corrected chi connectivity index (χ0v) is 30.8. The van der Waals surface area contributed by atoms with E-state index in [1.165, 1.54) is 20.8 Å². The van der Waals surface area contributed by atoms with Crippen LogP contribution in [0.5, 0.6) is 0 Å². The highest BCUT2D eigenvalue weighted by Gasteiger charge is 2.78. The van der Waals surface area contributed by atoms with Gasteiger partial charge in [-0.15, -0.1) is 0 Å². The quantitative estimate of drug-likeness (QED) is 0.240. The number of hydrogen-bond acceptors (Lipinski definition) is 11. The van der Waals surface area contributed by atoms with Crippen LogP contribution in [0, 0.1) is 28.1 Å². The molecule has 0 aromatic heterocycles. The van der Waals surface area contributed by atoms with Gasteiger partial charge in [0.15, 0.2) is 11.4 Å². The molecule has 270 valence electrons. The average molecular weight is 678 g/mol. The summed E-state index contributed by atoms with van der Waals surface area (Å²) in [6, 6.07) is -0.557. The zero-order chi connectivity index (χ0) is 36.2. The molecule has 2 saturated carbocycles. The van der Waals surface area contributed by atoms with Gasteiger partial charge in [0.05, 0.1) is 24.0 Å². The number of fused-ring (bicyclic) bond motifs is 8. The predicted molar refractivity (Wildman–Crippen MR) is 172 cm³/mol. The van der Waals surface area contributed by atoms with E-state index in [-0.39, 0.29) is 24.9 Å². The molecule has 48 heavy (non-hydrogen) atoms. The summed E-state index contributed by atoms with van der Waals surface area (Å²) >= 11 is 0. The van der Waals surface area contributed by atoms with Crippen molar-refractivity contribution in [2.45, 2.75) is 156 Å². The number of nitrogens with one attached hydrogen (secondary N) is 1. The molecule has 12 nitrogen and oxygen atoms in total. The zero-order valence-electron chi connectivity index (χ0n) is 30.8. The lowest BCUT2D eigenvalue weighted by Gasteiger charge is -2.69. The molecule has 5 rings (SSSR count). The molecular formula is C36H55NO11. The van der Waals surface area contributed by atoms with Crippen LogP contribution in [0.15, 0.2) is 11.1 Å². The summed E-state index contributed by atoms with van der Waals surface area (Å²) in [6.07, 6.45) is -3.61. The largest absolute Gasteiger partial charge is 0.459 e. The molecule has 5 aliphatic rings. The van der Waals surface area contributed by atoms with Gasteiger partial charge in [-0.1, -0.05) is 27.7 Å². The van der Waals surface area contributed by atoms with E-state index >= 15 is 0 Å². The maximum atomic E-state index is 13.9. The summed E-state index contributed by atoms with van der Waals surface area (Å²) in [7, 11) is 0. The highest BCUT2D eigenvalue weighted by atomic mass is 16.8. The fourth-order valence-corrected chi connectivity index (χ4v) is 9.56. The lowest BCUT2D eigenvalue weighted by atomic mass is 9.43. The maximum Gasteiger partial charge on any atom is 0.314 e. The van der Waals surface area contributed by atoms with Crippen molar-refractivity contribution in [3.63, 3.8) is 0 Å². The van der Waals surface area contributed by atoms with Crippen LogP contribution in [0.1, 0.15) is 103 Å². The summed E-state index contributed by atoms with van der Waals surface area (Å²) in [4.78, 5) is 51.7. The third-order valence-corrected chi connectivity index (χ3v) is 12.7. The van der Waals surface area contributed by atoms with Gasteiger partial charge < -0.3 is 38.8 Å². The van der Waals surface area contributed by atoms with Gasteiger partial charge in [0.25, 0.3) is 0 Å². The molecule has 0 aromatic rings. The number of carbonyl (C=O) groups excluding carboxylic acids is 4. The van der Waals surface area contributed by atoms with Gasteiger partial charge in [-0.2, -0.15) is 0 Å². The molecule has 0 spiro atoms. The van der Waals surface area contributed by atoms with Crippen LogP contribution in [-0.2, 0) is 47.6 Å². The summed E-state index contributed by atoms with van der Waals surface area (Å²) < 4.78 is 38.5. The van der Waals surface area contributed by atoms with Gasteiger partial charge >= 0.3 is 17.9 Å². The monoisotopic (exact) mass is 677 g/mol. The molecular weight excluding hydrogens is 622 g/mol. The number of rotatable bonds is 6. The molecule has 2 N–H and O–H groups in total. The fourth-order valence-electron chi connectivity index (χ4n) is 9.56. The molecule has 2 saturated heterocycles. The van der Waals surface area contributed by atoms with Crippen molar-refractivity contribution in [2.24, 2.45) is 28.1 Å². The Bertz CT molecular complexity index is 1420. The second kappa shape index (κ2) is 11.5. The van der Waals surface area contributed by atoms with Crippen molar-refractivity contribution >= 4 is 23.8 Å². The van der Waals surface area contributed by atoms with Crippen molar-refractivity contribution in [1.82, 2.24) is 5.32 Å². The predicted octanol–water partition coefficient (Wildman–Crippen LogP) is 3.75. The third kappa shape index (κ3) is 5.22. The van der Waals surface area contributed by atoms with Gasteiger partial charge in [-0.3, -0.25) is 19.2 Å². The third-order valence-electron chi connectivity index (χ3n) is 12.7. The molecule has 11 atom stereocenters. The van der Waals surface area contributed by atoms with E-state index in [1.54, 1.807) is 20.8 Å². The Hall–Kier alpha value is -2.54. The minimum atomic E-state index is -1.86. The van der Waals surface area contributed by atoms with Crippen molar-refractivity contribution in [1.29, 1.82) is 0 Å². The number of carbonyl (C=O) groups is 4. The van der Waals surface area contributed by atoms with Gasteiger partial charge in [-0.25, -0.2) is 0 Å². The van der Waals surface area contributed by atoms with Gasteiger partial charge in [-0.05, 0) is 65.0 Å². The Morgan fingerprint density at radius 2 is 1.62 bits per heavy atom. The molecule has 1 amide bonds. The number of aliphatic hydroxyl groups is 1. The van der Waals surface area contributed by atoms with Crippen LogP contribution in [0.4, 0.5) is 0 Å². The Kier molecular flexibility index (Phi) is 8.80. The van der Waals surface area contributed by atoms with E-state index in [1.807, 2.05) is 34.6 Å². The number of hydrogen-bond donors (Lipinski definition) is 2. The molecule has 4 fully saturated rings. The SMILES string of the molecule is CC(=O)NC(C)C(C)(C)C(=O)O[C@H]1C[C@@]2(O)[C@@H](OC(C)=O)C3[C@@](C)(C(C)C[C@H]4OC[C@@]34OC(C)=O)[C@@H]3OC(C)(C)O[C@@H]3C(=C1C)C2(C)C. The summed E-state index contributed by atoms with van der Waals surface area (Å²) in [5.74, 6) is -3.95. The molecule has 2 aliphatic heterocycles. The Morgan fingerprint density at radius 3 is 2.15 bits per heavy atom. The molecule has 3 aliphatic carbocycles. The van der Waals surface area contributed by atoms with Crippen molar-refractivity contribution < 1.29 is 52.7 Å². The maximum absolute atomic E-state index is 13.9. The standard InChI is InChI=1S/C36H55NO11/c1-17-14-24-35(16-43-24,46-22(6)40)27-29(44-21(5)39)36(42)15-23(45-30(41)31(7,8)19(3)37-20(4)38)18(2)25(32(36,9)10)26-28(34(17,27)13)48-33(11,12)47-26/h17,19,23-24,26-29,42H,14-16H2,1-13H3,(H,37,38)/t17?,19?,23-,24+,26+,27?,28+,29-,34+,35-,36+/m0/s1. The van der Waals surface area contributed by atoms with Crippen molar-refractivity contribution in [3.05, 3.63) is 11.1 Å². The van der Waals surface area contributed by atoms with Crippen LogP contribution in [0.3, 0.4) is 0 Å². The number of ether oxygens (including phenoxy) is 6. The highest BCUT2D eigenvalue weighted by molar-refractivity contribution is 5.79. The molecule has 2 heterocycles. The van der Waals surface area contributed by atoms with E-state index in [9.17, 15) is 24.3 Å². The van der Waals surface area contributed by atoms with Gasteiger partial charge in [0.2, 0.25) is 5.91 Å². The lowest BCUT2D eigenvalue weighted by molar-refractivity contribution is -0.357. The molecule has 0 radical (unpaired) electrons. The van der Waals surface area contributed by atoms with Crippen LogP contribution < -0.4 is 5.32 Å². The first-order chi connectivity index (χ1) is 21.9. The normalized spacial score (nSPS) is 41.6. The minimum Gasteiger partial charge on any atom is -0.459 e. The van der Waals surface area contributed by atoms with E-state index < -0.39 is 93.6 Å². The van der Waals surface area contributed by atoms with Crippen LogP contribution in [0.2, 0.25) is 0 Å².